The van der Waals surface area contributed by atoms with Gasteiger partial charge in [0.05, 0.1) is 11.4 Å². The number of pyridine rings is 1. The Morgan fingerprint density at radius 1 is 1.00 bits per heavy atom. The summed E-state index contributed by atoms with van der Waals surface area (Å²) in [7, 11) is 5.22. The smallest absolute Gasteiger partial charge is 0.374 e. The van der Waals surface area contributed by atoms with E-state index >= 15 is 0 Å². The number of aromatic nitrogens is 1. The molecule has 0 spiro atoms. The van der Waals surface area contributed by atoms with Gasteiger partial charge in [-0.05, 0) is 30.5 Å². The summed E-state index contributed by atoms with van der Waals surface area (Å²) in [5, 5.41) is 2.31. The fraction of sp³-hybridized carbons (Fsp3) is 0.0625. The van der Waals surface area contributed by atoms with Crippen molar-refractivity contribution in [2.45, 2.75) is 6.92 Å². The first-order valence-electron chi connectivity index (χ1n) is 6.11. The highest BCUT2D eigenvalue weighted by Gasteiger charge is 2.07. The van der Waals surface area contributed by atoms with Crippen LogP contribution in [0, 0.1) is 6.92 Å². The molecule has 0 N–H and O–H groups in total. The molecule has 90 valence electrons. The minimum Gasteiger partial charge on any atom is -0.568 e. The fourth-order valence-electron chi connectivity index (χ4n) is 2.27. The van der Waals surface area contributed by atoms with E-state index in [0.717, 1.165) is 22.3 Å². The van der Waals surface area contributed by atoms with Gasteiger partial charge in [-0.1, -0.05) is 36.4 Å². The summed E-state index contributed by atoms with van der Waals surface area (Å²) in [6.07, 6.45) is 0. The summed E-state index contributed by atoms with van der Waals surface area (Å²) in [5.41, 5.74) is 2.95. The van der Waals surface area contributed by atoms with Crippen LogP contribution in [0.5, 0.6) is 5.75 Å². The number of aryl methyl sites for hydroxylation is 1. The van der Waals surface area contributed by atoms with E-state index in [2.05, 4.69) is 23.2 Å². The van der Waals surface area contributed by atoms with Crippen molar-refractivity contribution in [1.82, 2.24) is 4.98 Å². The van der Waals surface area contributed by atoms with Crippen LogP contribution in [-0.4, -0.2) is 13.0 Å². The second-order valence-corrected chi connectivity index (χ2v) is 4.48. The second-order valence-electron chi connectivity index (χ2n) is 4.48. The average molecular weight is 245 g/mol. The van der Waals surface area contributed by atoms with Gasteiger partial charge in [0, 0.05) is 16.6 Å². The Labute approximate surface area is 113 Å². The third-order valence-electron chi connectivity index (χ3n) is 3.11. The van der Waals surface area contributed by atoms with Crippen LogP contribution in [0.3, 0.4) is 0 Å². The molecule has 19 heavy (non-hydrogen) atoms. The molecule has 0 saturated carbocycles. The van der Waals surface area contributed by atoms with E-state index < -0.39 is 0 Å². The Hall–Kier alpha value is -2.29. The van der Waals surface area contributed by atoms with Crippen molar-refractivity contribution in [3.63, 3.8) is 0 Å². The molecule has 0 aliphatic heterocycles. The topological polar surface area (TPSA) is 22.1 Å². The molecule has 0 bridgehead atoms. The molecule has 3 rings (SSSR count). The molecular weight excluding hydrogens is 233 g/mol. The Kier molecular flexibility index (Phi) is 2.96. The van der Waals surface area contributed by atoms with Crippen LogP contribution in [0.1, 0.15) is 5.69 Å². The number of hydrogen-bond donors (Lipinski definition) is 0. The van der Waals surface area contributed by atoms with Gasteiger partial charge in [-0.15, -0.1) is 0 Å². The molecule has 0 fully saturated rings. The Balaban J connectivity index is 2.29. The quantitative estimate of drug-likeness (QED) is 0.642. The van der Waals surface area contributed by atoms with Gasteiger partial charge in [-0.3, -0.25) is 4.98 Å². The van der Waals surface area contributed by atoms with E-state index in [1.165, 1.54) is 5.39 Å². The lowest BCUT2D eigenvalue weighted by atomic mass is 10.0. The first-order chi connectivity index (χ1) is 9.28. The van der Waals surface area contributed by atoms with E-state index in [9.17, 15) is 0 Å². The first kappa shape index (κ1) is 11.8. The molecule has 1 heterocycles. The van der Waals surface area contributed by atoms with Crippen molar-refractivity contribution >= 4 is 18.8 Å². The summed E-state index contributed by atoms with van der Waals surface area (Å²) in [6.45, 7) is 2.00. The number of rotatable bonds is 2. The Bertz CT molecular complexity index is 740. The van der Waals surface area contributed by atoms with Crippen LogP contribution in [0.25, 0.3) is 22.0 Å². The SMILES string of the molecule is [B]Oc1cccc(-c2nc(C)cc3ccccc23)c1. The molecule has 0 aliphatic carbocycles. The van der Waals surface area contributed by atoms with Crippen LogP contribution < -0.4 is 4.65 Å². The van der Waals surface area contributed by atoms with Crippen molar-refractivity contribution in [1.29, 1.82) is 0 Å². The van der Waals surface area contributed by atoms with Gasteiger partial charge in [-0.2, -0.15) is 0 Å². The van der Waals surface area contributed by atoms with Crippen LogP contribution in [-0.2, 0) is 0 Å². The molecule has 1 aromatic heterocycles. The highest BCUT2D eigenvalue weighted by atomic mass is 16.4. The van der Waals surface area contributed by atoms with E-state index in [0.29, 0.717) is 5.75 Å². The number of hydrogen-bond acceptors (Lipinski definition) is 2. The molecule has 0 saturated heterocycles. The molecule has 0 unspecified atom stereocenters. The lowest BCUT2D eigenvalue weighted by molar-refractivity contribution is 0.616. The van der Waals surface area contributed by atoms with Gasteiger partial charge < -0.3 is 4.65 Å². The Morgan fingerprint density at radius 2 is 1.84 bits per heavy atom. The lowest BCUT2D eigenvalue weighted by Gasteiger charge is -2.09. The van der Waals surface area contributed by atoms with Crippen LogP contribution in [0.4, 0.5) is 0 Å². The maximum absolute atomic E-state index is 5.22. The summed E-state index contributed by atoms with van der Waals surface area (Å²) < 4.78 is 4.79. The number of benzene rings is 2. The van der Waals surface area contributed by atoms with Crippen molar-refractivity contribution in [2.75, 3.05) is 0 Å². The van der Waals surface area contributed by atoms with E-state index in [1.807, 2.05) is 43.3 Å². The molecule has 0 aliphatic rings. The molecule has 0 amide bonds. The normalized spacial score (nSPS) is 10.6. The predicted molar refractivity (Wildman–Crippen MR) is 78.3 cm³/mol. The van der Waals surface area contributed by atoms with Crippen molar-refractivity contribution in [3.05, 3.63) is 60.3 Å². The average Bonchev–Trinajstić information content (AvgIpc) is 2.46. The van der Waals surface area contributed by atoms with Crippen LogP contribution in [0.15, 0.2) is 54.6 Å². The molecule has 0 atom stereocenters. The van der Waals surface area contributed by atoms with Gasteiger partial charge in [0.25, 0.3) is 0 Å². The van der Waals surface area contributed by atoms with E-state index in [1.54, 1.807) is 0 Å². The second kappa shape index (κ2) is 4.77. The molecule has 3 heteroatoms. The molecule has 2 nitrogen and oxygen atoms in total. The molecule has 3 aromatic rings. The minimum absolute atomic E-state index is 0.630. The lowest BCUT2D eigenvalue weighted by Crippen LogP contribution is -1.91. The monoisotopic (exact) mass is 245 g/mol. The fourth-order valence-corrected chi connectivity index (χ4v) is 2.27. The third kappa shape index (κ3) is 2.19. The number of fused-ring (bicyclic) bond motifs is 1. The van der Waals surface area contributed by atoms with Gasteiger partial charge in [-0.25, -0.2) is 0 Å². The van der Waals surface area contributed by atoms with Crippen molar-refractivity contribution < 1.29 is 4.65 Å². The largest absolute Gasteiger partial charge is 0.568 e. The maximum atomic E-state index is 5.22. The zero-order valence-corrected chi connectivity index (χ0v) is 10.6. The zero-order chi connectivity index (χ0) is 13.2. The van der Waals surface area contributed by atoms with Gasteiger partial charge >= 0.3 is 8.05 Å². The summed E-state index contributed by atoms with van der Waals surface area (Å²) in [5.74, 6) is 0.630. The van der Waals surface area contributed by atoms with Gasteiger partial charge in [0.15, 0.2) is 0 Å². The zero-order valence-electron chi connectivity index (χ0n) is 10.6. The molecular formula is C16H12BNO. The summed E-state index contributed by atoms with van der Waals surface area (Å²) >= 11 is 0. The van der Waals surface area contributed by atoms with Gasteiger partial charge in [0.2, 0.25) is 0 Å². The Morgan fingerprint density at radius 3 is 2.68 bits per heavy atom. The first-order valence-corrected chi connectivity index (χ1v) is 6.11. The minimum atomic E-state index is 0.630. The maximum Gasteiger partial charge on any atom is 0.374 e. The predicted octanol–water partition coefficient (Wildman–Crippen LogP) is 3.67. The number of nitrogens with zero attached hydrogens (tertiary/aromatic N) is 1. The van der Waals surface area contributed by atoms with Gasteiger partial charge in [0.1, 0.15) is 0 Å². The summed E-state index contributed by atoms with van der Waals surface area (Å²) in [6, 6.07) is 18.0. The highest BCUT2D eigenvalue weighted by molar-refractivity contribution is 6.00. The molecule has 2 aromatic carbocycles. The van der Waals surface area contributed by atoms with Crippen molar-refractivity contribution in [3.8, 4) is 17.0 Å². The molecule has 2 radical (unpaired) electrons. The standard InChI is InChI=1S/C16H12BNO/c1-11-9-12-5-2-3-8-15(12)16(18-11)13-6-4-7-14(10-13)19-17/h2-10H,1H3. The van der Waals surface area contributed by atoms with E-state index in [4.69, 9.17) is 12.7 Å². The third-order valence-corrected chi connectivity index (χ3v) is 3.11. The van der Waals surface area contributed by atoms with Crippen LogP contribution in [0.2, 0.25) is 0 Å². The van der Waals surface area contributed by atoms with Crippen LogP contribution >= 0.6 is 0 Å². The summed E-state index contributed by atoms with van der Waals surface area (Å²) in [4.78, 5) is 4.65. The van der Waals surface area contributed by atoms with E-state index in [-0.39, 0.29) is 0 Å². The highest BCUT2D eigenvalue weighted by Crippen LogP contribution is 2.29. The van der Waals surface area contributed by atoms with Crippen molar-refractivity contribution in [2.24, 2.45) is 0 Å².